The van der Waals surface area contributed by atoms with Crippen LogP contribution in [0.2, 0.25) is 0 Å². The Morgan fingerprint density at radius 1 is 0.517 bits per heavy atom. The third kappa shape index (κ3) is 27.2. The molecule has 0 aliphatic carbocycles. The number of aliphatic carboxylic acids is 1. The number of rotatable bonds is 24. The lowest BCUT2D eigenvalue weighted by Gasteiger charge is -2.03. The first-order valence-electron chi connectivity index (χ1n) is 13.1. The van der Waals surface area contributed by atoms with E-state index in [2.05, 4.69) is 19.1 Å². The zero-order valence-corrected chi connectivity index (χ0v) is 19.8. The first-order chi connectivity index (χ1) is 14.3. The summed E-state index contributed by atoms with van der Waals surface area (Å²) in [6, 6.07) is 0. The number of carboxylic acid groups (broad SMARTS) is 1. The lowest BCUT2D eigenvalue weighted by atomic mass is 10.0. The van der Waals surface area contributed by atoms with Gasteiger partial charge in [0.1, 0.15) is 0 Å². The highest BCUT2D eigenvalue weighted by Gasteiger charge is 1.97. The molecule has 0 aromatic carbocycles. The molecule has 0 rings (SSSR count). The van der Waals surface area contributed by atoms with Gasteiger partial charge in [0.05, 0.1) is 0 Å². The van der Waals surface area contributed by atoms with Crippen LogP contribution in [0.1, 0.15) is 155 Å². The van der Waals surface area contributed by atoms with Crippen molar-refractivity contribution >= 4 is 5.97 Å². The first kappa shape index (κ1) is 28.2. The van der Waals surface area contributed by atoms with Gasteiger partial charge >= 0.3 is 5.97 Å². The SMILES string of the molecule is CCCCCCCCC=CCCCCCCCCCCCCCCCCC(=O)O. The minimum absolute atomic E-state index is 0.343. The zero-order chi connectivity index (χ0) is 21.3. The predicted octanol–water partition coefficient (Wildman–Crippen LogP) is 9.62. The summed E-state index contributed by atoms with van der Waals surface area (Å²) in [5.74, 6) is -0.652. The standard InChI is InChI=1S/C27H52O2/c1-2-3-4-5-6-7-8-9-10-11-12-13-14-15-16-17-18-19-20-21-22-23-24-25-26-27(28)29/h9-10H,2-8,11-26H2,1H3,(H,28,29). The van der Waals surface area contributed by atoms with Crippen LogP contribution in [-0.4, -0.2) is 11.1 Å². The summed E-state index contributed by atoms with van der Waals surface area (Å²) in [5, 5.41) is 8.59. The van der Waals surface area contributed by atoms with Crippen molar-refractivity contribution in [2.75, 3.05) is 0 Å². The van der Waals surface area contributed by atoms with Gasteiger partial charge in [0.25, 0.3) is 0 Å². The molecule has 1 N–H and O–H groups in total. The Labute approximate surface area is 182 Å². The average Bonchev–Trinajstić information content (AvgIpc) is 2.71. The van der Waals surface area contributed by atoms with Gasteiger partial charge in [-0.05, 0) is 32.1 Å². The molecule has 172 valence electrons. The summed E-state index contributed by atoms with van der Waals surface area (Å²) in [6.07, 6.45) is 34.5. The summed E-state index contributed by atoms with van der Waals surface area (Å²) in [4.78, 5) is 10.4. The van der Waals surface area contributed by atoms with Crippen LogP contribution in [0.5, 0.6) is 0 Å². The molecular weight excluding hydrogens is 356 g/mol. The monoisotopic (exact) mass is 408 g/mol. The Morgan fingerprint density at radius 3 is 1.17 bits per heavy atom. The second kappa shape index (κ2) is 25.2. The highest BCUT2D eigenvalue weighted by molar-refractivity contribution is 5.66. The van der Waals surface area contributed by atoms with Gasteiger partial charge in [-0.1, -0.05) is 128 Å². The van der Waals surface area contributed by atoms with Crippen LogP contribution in [0, 0.1) is 0 Å². The van der Waals surface area contributed by atoms with Crippen LogP contribution in [0.25, 0.3) is 0 Å². The summed E-state index contributed by atoms with van der Waals surface area (Å²) >= 11 is 0. The highest BCUT2D eigenvalue weighted by atomic mass is 16.4. The van der Waals surface area contributed by atoms with E-state index in [1.54, 1.807) is 0 Å². The van der Waals surface area contributed by atoms with Crippen molar-refractivity contribution < 1.29 is 9.90 Å². The van der Waals surface area contributed by atoms with E-state index in [1.165, 1.54) is 128 Å². The summed E-state index contributed by atoms with van der Waals surface area (Å²) in [6.45, 7) is 2.28. The van der Waals surface area contributed by atoms with Gasteiger partial charge in [0.15, 0.2) is 0 Å². The van der Waals surface area contributed by atoms with Crippen LogP contribution in [0.3, 0.4) is 0 Å². The van der Waals surface area contributed by atoms with E-state index in [-0.39, 0.29) is 0 Å². The summed E-state index contributed by atoms with van der Waals surface area (Å²) in [5.41, 5.74) is 0. The van der Waals surface area contributed by atoms with Crippen molar-refractivity contribution in [3.8, 4) is 0 Å². The second-order valence-corrected chi connectivity index (χ2v) is 8.91. The maximum atomic E-state index is 10.4. The fraction of sp³-hybridized carbons (Fsp3) is 0.889. The van der Waals surface area contributed by atoms with Gasteiger partial charge in [-0.15, -0.1) is 0 Å². The smallest absolute Gasteiger partial charge is 0.303 e. The Balaban J connectivity index is 3.06. The molecule has 0 spiro atoms. The number of unbranched alkanes of at least 4 members (excludes halogenated alkanes) is 20. The Hall–Kier alpha value is -0.790. The molecule has 0 atom stereocenters. The van der Waals surface area contributed by atoms with E-state index < -0.39 is 5.97 Å². The average molecular weight is 409 g/mol. The molecule has 2 nitrogen and oxygen atoms in total. The molecule has 0 aromatic rings. The van der Waals surface area contributed by atoms with Gasteiger partial charge in [-0.2, -0.15) is 0 Å². The predicted molar refractivity (Wildman–Crippen MR) is 129 cm³/mol. The number of carbonyl (C=O) groups is 1. The van der Waals surface area contributed by atoms with Crippen molar-refractivity contribution in [3.05, 3.63) is 12.2 Å². The molecule has 29 heavy (non-hydrogen) atoms. The molecule has 0 saturated heterocycles. The number of allylic oxidation sites excluding steroid dienone is 2. The van der Waals surface area contributed by atoms with E-state index >= 15 is 0 Å². The molecule has 0 amide bonds. The van der Waals surface area contributed by atoms with Crippen LogP contribution in [-0.2, 0) is 4.79 Å². The highest BCUT2D eigenvalue weighted by Crippen LogP contribution is 2.14. The maximum Gasteiger partial charge on any atom is 0.303 e. The maximum absolute atomic E-state index is 10.4. The molecule has 0 aliphatic heterocycles. The molecule has 2 heteroatoms. The normalized spacial score (nSPS) is 11.5. The summed E-state index contributed by atoms with van der Waals surface area (Å²) in [7, 11) is 0. The molecule has 0 heterocycles. The van der Waals surface area contributed by atoms with Crippen molar-refractivity contribution in [2.45, 2.75) is 155 Å². The van der Waals surface area contributed by atoms with Crippen LogP contribution < -0.4 is 0 Å². The molecule has 0 radical (unpaired) electrons. The Morgan fingerprint density at radius 2 is 0.828 bits per heavy atom. The van der Waals surface area contributed by atoms with E-state index in [0.717, 1.165) is 12.8 Å². The van der Waals surface area contributed by atoms with Crippen molar-refractivity contribution in [1.82, 2.24) is 0 Å². The van der Waals surface area contributed by atoms with Gasteiger partial charge < -0.3 is 5.11 Å². The summed E-state index contributed by atoms with van der Waals surface area (Å²) < 4.78 is 0. The van der Waals surface area contributed by atoms with Crippen molar-refractivity contribution in [2.24, 2.45) is 0 Å². The number of hydrogen-bond acceptors (Lipinski definition) is 1. The number of carboxylic acids is 1. The van der Waals surface area contributed by atoms with Gasteiger partial charge in [0.2, 0.25) is 0 Å². The van der Waals surface area contributed by atoms with Crippen molar-refractivity contribution in [3.63, 3.8) is 0 Å². The van der Waals surface area contributed by atoms with E-state index in [4.69, 9.17) is 5.11 Å². The minimum atomic E-state index is -0.652. The minimum Gasteiger partial charge on any atom is -0.481 e. The Kier molecular flexibility index (Phi) is 24.6. The van der Waals surface area contributed by atoms with Gasteiger partial charge in [-0.3, -0.25) is 4.79 Å². The third-order valence-corrected chi connectivity index (χ3v) is 5.90. The fourth-order valence-corrected chi connectivity index (χ4v) is 3.94. The lowest BCUT2D eigenvalue weighted by molar-refractivity contribution is -0.137. The molecule has 0 bridgehead atoms. The van der Waals surface area contributed by atoms with E-state index in [0.29, 0.717) is 6.42 Å². The largest absolute Gasteiger partial charge is 0.481 e. The van der Waals surface area contributed by atoms with Crippen molar-refractivity contribution in [1.29, 1.82) is 0 Å². The molecule has 0 unspecified atom stereocenters. The van der Waals surface area contributed by atoms with Gasteiger partial charge in [-0.25, -0.2) is 0 Å². The molecule has 0 aliphatic rings. The molecule has 0 aromatic heterocycles. The van der Waals surface area contributed by atoms with Crippen LogP contribution in [0.15, 0.2) is 12.2 Å². The molecular formula is C27H52O2. The molecule has 0 fully saturated rings. The second-order valence-electron chi connectivity index (χ2n) is 8.91. The fourth-order valence-electron chi connectivity index (χ4n) is 3.94. The zero-order valence-electron chi connectivity index (χ0n) is 19.8. The topological polar surface area (TPSA) is 37.3 Å². The van der Waals surface area contributed by atoms with Crippen LogP contribution in [0.4, 0.5) is 0 Å². The third-order valence-electron chi connectivity index (χ3n) is 5.90. The lowest BCUT2D eigenvalue weighted by Crippen LogP contribution is -1.93. The molecule has 0 saturated carbocycles. The van der Waals surface area contributed by atoms with E-state index in [1.807, 2.05) is 0 Å². The Bertz CT molecular complexity index is 348. The van der Waals surface area contributed by atoms with Gasteiger partial charge in [0, 0.05) is 6.42 Å². The first-order valence-corrected chi connectivity index (χ1v) is 13.1. The number of hydrogen-bond donors (Lipinski definition) is 1. The van der Waals surface area contributed by atoms with E-state index in [9.17, 15) is 4.79 Å². The quantitative estimate of drug-likeness (QED) is 0.127. The van der Waals surface area contributed by atoms with Crippen LogP contribution >= 0.6 is 0 Å².